The van der Waals surface area contributed by atoms with Gasteiger partial charge in [0.25, 0.3) is 0 Å². The second-order valence-electron chi connectivity index (χ2n) is 4.19. The fraction of sp³-hybridized carbons (Fsp3) is 0.700. The molecule has 2 atom stereocenters. The lowest BCUT2D eigenvalue weighted by atomic mass is 10.2. The van der Waals surface area contributed by atoms with Crippen molar-refractivity contribution in [3.8, 4) is 0 Å². The van der Waals surface area contributed by atoms with Crippen molar-refractivity contribution in [2.45, 2.75) is 49.9 Å². The van der Waals surface area contributed by atoms with Gasteiger partial charge in [-0.15, -0.1) is 0 Å². The summed E-state index contributed by atoms with van der Waals surface area (Å²) in [6.45, 7) is 7.00. The molecule has 0 saturated carbocycles. The molecular weight excluding hydrogens is 308 g/mol. The Labute approximate surface area is 110 Å². The molecule has 0 fully saturated rings. The van der Waals surface area contributed by atoms with E-state index in [-0.39, 0.29) is 15.8 Å². The minimum Gasteiger partial charge on any atom is -0.360 e. The Morgan fingerprint density at radius 1 is 1.41 bits per heavy atom. The third kappa shape index (κ3) is 3.79. The van der Waals surface area contributed by atoms with Crippen molar-refractivity contribution in [3.63, 3.8) is 0 Å². The molecule has 0 aliphatic heterocycles. The third-order valence-electron chi connectivity index (χ3n) is 2.27. The highest BCUT2D eigenvalue weighted by atomic mass is 79.9. The number of aromatic nitrogens is 1. The number of aryl methyl sites for hydroxylation is 2. The van der Waals surface area contributed by atoms with Crippen molar-refractivity contribution >= 4 is 26.0 Å². The predicted octanol–water partition coefficient (Wildman–Crippen LogP) is 2.13. The largest absolute Gasteiger partial charge is 0.360 e. The zero-order valence-electron chi connectivity index (χ0n) is 10.3. The van der Waals surface area contributed by atoms with Gasteiger partial charge in [0, 0.05) is 10.9 Å². The minimum atomic E-state index is -3.55. The highest BCUT2D eigenvalue weighted by molar-refractivity contribution is 9.09. The molecule has 0 bridgehead atoms. The van der Waals surface area contributed by atoms with Crippen LogP contribution in [0.1, 0.15) is 31.7 Å². The zero-order valence-corrected chi connectivity index (χ0v) is 12.7. The van der Waals surface area contributed by atoms with Crippen LogP contribution < -0.4 is 4.72 Å². The number of sulfonamides is 1. The van der Waals surface area contributed by atoms with E-state index < -0.39 is 10.0 Å². The topological polar surface area (TPSA) is 72.2 Å². The van der Waals surface area contributed by atoms with Crippen molar-refractivity contribution < 1.29 is 12.9 Å². The fourth-order valence-corrected chi connectivity index (χ4v) is 3.86. The summed E-state index contributed by atoms with van der Waals surface area (Å²) >= 11 is 3.39. The lowest BCUT2D eigenvalue weighted by Gasteiger charge is -2.15. The van der Waals surface area contributed by atoms with Gasteiger partial charge >= 0.3 is 0 Å². The van der Waals surface area contributed by atoms with E-state index in [1.807, 2.05) is 13.8 Å². The normalized spacial score (nSPS) is 15.8. The second kappa shape index (κ2) is 5.49. The van der Waals surface area contributed by atoms with Gasteiger partial charge in [0.1, 0.15) is 10.6 Å². The summed E-state index contributed by atoms with van der Waals surface area (Å²) in [5.41, 5.74) is 0.383. The molecule has 1 N–H and O–H groups in total. The highest BCUT2D eigenvalue weighted by Crippen LogP contribution is 2.19. The van der Waals surface area contributed by atoms with E-state index in [0.29, 0.717) is 17.9 Å². The number of rotatable bonds is 5. The predicted molar refractivity (Wildman–Crippen MR) is 68.8 cm³/mol. The lowest BCUT2D eigenvalue weighted by Crippen LogP contribution is -2.34. The quantitative estimate of drug-likeness (QED) is 0.842. The summed E-state index contributed by atoms with van der Waals surface area (Å²) < 4.78 is 31.7. The molecular formula is C10H17BrN2O3S. The van der Waals surface area contributed by atoms with Gasteiger partial charge in [-0.25, -0.2) is 13.1 Å². The van der Waals surface area contributed by atoms with E-state index in [4.69, 9.17) is 4.52 Å². The first-order valence-electron chi connectivity index (χ1n) is 5.33. The van der Waals surface area contributed by atoms with Gasteiger partial charge in [-0.1, -0.05) is 28.0 Å². The number of halogens is 1. The van der Waals surface area contributed by atoms with Crippen LogP contribution in [0.2, 0.25) is 0 Å². The van der Waals surface area contributed by atoms with Gasteiger partial charge in [-0.2, -0.15) is 0 Å². The van der Waals surface area contributed by atoms with E-state index in [1.54, 1.807) is 13.8 Å². The van der Waals surface area contributed by atoms with Crippen molar-refractivity contribution in [3.05, 3.63) is 11.5 Å². The maximum Gasteiger partial charge on any atom is 0.246 e. The number of hydrogen-bond acceptors (Lipinski definition) is 4. The van der Waals surface area contributed by atoms with Crippen LogP contribution in [0.3, 0.4) is 0 Å². The monoisotopic (exact) mass is 324 g/mol. The molecule has 1 heterocycles. The van der Waals surface area contributed by atoms with Gasteiger partial charge < -0.3 is 4.52 Å². The summed E-state index contributed by atoms with van der Waals surface area (Å²) in [5.74, 6) is 0.314. The number of nitrogens with one attached hydrogen (secondary N) is 1. The molecule has 1 rings (SSSR count). The minimum absolute atomic E-state index is 0.145. The first kappa shape index (κ1) is 14.7. The average molecular weight is 325 g/mol. The molecule has 0 aliphatic rings. The van der Waals surface area contributed by atoms with Crippen LogP contribution in [0.4, 0.5) is 0 Å². The number of alkyl halides is 1. The van der Waals surface area contributed by atoms with Gasteiger partial charge in [-0.3, -0.25) is 0 Å². The molecule has 1 aromatic heterocycles. The Hall–Kier alpha value is -0.400. The molecule has 7 heteroatoms. The molecule has 0 aromatic carbocycles. The fourth-order valence-electron chi connectivity index (χ4n) is 1.72. The standard InChI is InChI=1S/C10H17BrN2O3S/c1-6(11)5-7(2)13-17(14,15)10-8(3)12-16-9(10)4/h6-7,13H,5H2,1-4H3. The summed E-state index contributed by atoms with van der Waals surface area (Å²) in [5, 5.41) is 3.65. The Morgan fingerprint density at radius 2 is 2.00 bits per heavy atom. The van der Waals surface area contributed by atoms with Crippen LogP contribution in [0.5, 0.6) is 0 Å². The lowest BCUT2D eigenvalue weighted by molar-refractivity contribution is 0.390. The van der Waals surface area contributed by atoms with E-state index >= 15 is 0 Å². The van der Waals surface area contributed by atoms with Crippen LogP contribution in [-0.2, 0) is 10.0 Å². The first-order chi connectivity index (χ1) is 7.74. The Kier molecular flexibility index (Phi) is 4.74. The summed E-state index contributed by atoms with van der Waals surface area (Å²) in [6.07, 6.45) is 0.711. The molecule has 17 heavy (non-hydrogen) atoms. The third-order valence-corrected chi connectivity index (χ3v) is 4.48. The van der Waals surface area contributed by atoms with Crippen molar-refractivity contribution in [2.24, 2.45) is 0 Å². The molecule has 1 aromatic rings. The van der Waals surface area contributed by atoms with Crippen LogP contribution in [-0.4, -0.2) is 24.4 Å². The molecule has 0 saturated heterocycles. The summed E-state index contributed by atoms with van der Waals surface area (Å²) in [7, 11) is -3.55. The second-order valence-corrected chi connectivity index (χ2v) is 7.41. The first-order valence-corrected chi connectivity index (χ1v) is 7.73. The molecule has 98 valence electrons. The van der Waals surface area contributed by atoms with Crippen molar-refractivity contribution in [1.29, 1.82) is 0 Å². The molecule has 0 spiro atoms. The van der Waals surface area contributed by atoms with E-state index in [1.165, 1.54) is 0 Å². The molecule has 2 unspecified atom stereocenters. The van der Waals surface area contributed by atoms with Crippen molar-refractivity contribution in [1.82, 2.24) is 9.88 Å². The number of hydrogen-bond donors (Lipinski definition) is 1. The van der Waals surface area contributed by atoms with Gasteiger partial charge in [0.2, 0.25) is 10.0 Å². The smallest absolute Gasteiger partial charge is 0.246 e. The molecule has 5 nitrogen and oxygen atoms in total. The summed E-state index contributed by atoms with van der Waals surface area (Å²) in [6, 6.07) is -0.150. The SMILES string of the molecule is Cc1noc(C)c1S(=O)(=O)NC(C)CC(C)Br. The van der Waals surface area contributed by atoms with E-state index in [2.05, 4.69) is 25.8 Å². The van der Waals surface area contributed by atoms with Gasteiger partial charge in [0.15, 0.2) is 5.76 Å². The Balaban J connectivity index is 2.90. The Morgan fingerprint density at radius 3 is 2.41 bits per heavy atom. The highest BCUT2D eigenvalue weighted by Gasteiger charge is 2.25. The molecule has 0 aliphatic carbocycles. The molecule has 0 amide bonds. The molecule has 0 radical (unpaired) electrons. The van der Waals surface area contributed by atoms with Crippen LogP contribution in [0, 0.1) is 13.8 Å². The van der Waals surface area contributed by atoms with Crippen molar-refractivity contribution in [2.75, 3.05) is 0 Å². The van der Waals surface area contributed by atoms with E-state index in [9.17, 15) is 8.42 Å². The van der Waals surface area contributed by atoms with Gasteiger partial charge in [-0.05, 0) is 27.2 Å². The summed E-state index contributed by atoms with van der Waals surface area (Å²) in [4.78, 5) is 0.399. The van der Waals surface area contributed by atoms with E-state index in [0.717, 1.165) is 0 Å². The Bertz CT molecular complexity index is 462. The van der Waals surface area contributed by atoms with Crippen LogP contribution in [0.25, 0.3) is 0 Å². The maximum absolute atomic E-state index is 12.1. The average Bonchev–Trinajstić information content (AvgIpc) is 2.43. The van der Waals surface area contributed by atoms with Crippen LogP contribution in [0.15, 0.2) is 9.42 Å². The maximum atomic E-state index is 12.1. The number of nitrogens with zero attached hydrogens (tertiary/aromatic N) is 1. The van der Waals surface area contributed by atoms with Crippen LogP contribution >= 0.6 is 15.9 Å². The zero-order chi connectivity index (χ0) is 13.2. The van der Waals surface area contributed by atoms with Gasteiger partial charge in [0.05, 0.1) is 0 Å².